The molecule has 0 bridgehead atoms. The number of hydrogen-bond donors (Lipinski definition) is 3. The van der Waals surface area contributed by atoms with Crippen molar-refractivity contribution in [2.75, 3.05) is 0 Å². The molecule has 1 fully saturated rings. The van der Waals surface area contributed by atoms with Gasteiger partial charge in [-0.25, -0.2) is 0 Å². The molecule has 0 aliphatic heterocycles. The molecule has 0 aromatic carbocycles. The van der Waals surface area contributed by atoms with Gasteiger partial charge in [-0.05, 0) is 32.6 Å². The summed E-state index contributed by atoms with van der Waals surface area (Å²) in [4.78, 5) is 0. The van der Waals surface area contributed by atoms with Crippen molar-refractivity contribution in [2.45, 2.75) is 58.0 Å². The molecule has 4 heteroatoms. The van der Waals surface area contributed by atoms with E-state index >= 15 is 0 Å². The minimum Gasteiger partial charge on any atom is -0.409 e. The second-order valence-electron chi connectivity index (χ2n) is 4.70. The fourth-order valence-electron chi connectivity index (χ4n) is 2.46. The molecular formula is C11H23N3O. The molecule has 0 radical (unpaired) electrons. The van der Waals surface area contributed by atoms with Gasteiger partial charge >= 0.3 is 0 Å². The third kappa shape index (κ3) is 4.08. The van der Waals surface area contributed by atoms with Crippen molar-refractivity contribution in [1.82, 2.24) is 5.32 Å². The highest BCUT2D eigenvalue weighted by atomic mass is 16.4. The topological polar surface area (TPSA) is 70.6 Å². The lowest BCUT2D eigenvalue weighted by molar-refractivity contribution is 0.313. The van der Waals surface area contributed by atoms with Crippen molar-refractivity contribution >= 4 is 5.84 Å². The van der Waals surface area contributed by atoms with Crippen molar-refractivity contribution < 1.29 is 5.21 Å². The Morgan fingerprint density at radius 1 is 1.47 bits per heavy atom. The summed E-state index contributed by atoms with van der Waals surface area (Å²) >= 11 is 0. The number of rotatable bonds is 5. The predicted molar refractivity (Wildman–Crippen MR) is 62.0 cm³/mol. The summed E-state index contributed by atoms with van der Waals surface area (Å²) in [6, 6.07) is 0.811. The van der Waals surface area contributed by atoms with Crippen molar-refractivity contribution in [3.05, 3.63) is 0 Å². The number of nitrogens with zero attached hydrogens (tertiary/aromatic N) is 1. The zero-order chi connectivity index (χ0) is 11.3. The van der Waals surface area contributed by atoms with Crippen LogP contribution in [-0.4, -0.2) is 23.1 Å². The molecule has 4 nitrogen and oxygen atoms in total. The van der Waals surface area contributed by atoms with E-state index in [0.29, 0.717) is 18.3 Å². The van der Waals surface area contributed by atoms with Crippen LogP contribution in [0.25, 0.3) is 0 Å². The normalized spacial score (nSPS) is 22.9. The molecule has 0 amide bonds. The van der Waals surface area contributed by atoms with Gasteiger partial charge in [0.25, 0.3) is 0 Å². The number of hydrogen-bond acceptors (Lipinski definition) is 3. The fraction of sp³-hybridized carbons (Fsp3) is 0.909. The quantitative estimate of drug-likeness (QED) is 0.281. The van der Waals surface area contributed by atoms with E-state index in [1.165, 1.54) is 25.7 Å². The first-order chi connectivity index (χ1) is 7.13. The van der Waals surface area contributed by atoms with E-state index in [0.717, 1.165) is 5.92 Å². The summed E-state index contributed by atoms with van der Waals surface area (Å²) in [7, 11) is 0. The van der Waals surface area contributed by atoms with Crippen LogP contribution in [0.1, 0.15) is 46.0 Å². The van der Waals surface area contributed by atoms with Crippen LogP contribution in [0.4, 0.5) is 0 Å². The molecule has 1 aliphatic carbocycles. The number of nitrogens with two attached hydrogens (primary N) is 1. The first kappa shape index (κ1) is 12.3. The monoisotopic (exact) mass is 213 g/mol. The van der Waals surface area contributed by atoms with Gasteiger partial charge in [-0.2, -0.15) is 0 Å². The zero-order valence-electron chi connectivity index (χ0n) is 9.74. The predicted octanol–water partition coefficient (Wildman–Crippen LogP) is 1.68. The molecule has 88 valence electrons. The number of amidine groups is 1. The number of nitrogens with one attached hydrogen (secondary N) is 1. The van der Waals surface area contributed by atoms with Gasteiger partial charge in [0.05, 0.1) is 0 Å². The largest absolute Gasteiger partial charge is 0.409 e. The fourth-order valence-corrected chi connectivity index (χ4v) is 2.46. The highest BCUT2D eigenvalue weighted by Gasteiger charge is 2.22. The molecule has 1 aliphatic rings. The molecule has 1 saturated carbocycles. The third-order valence-corrected chi connectivity index (χ3v) is 3.30. The summed E-state index contributed by atoms with van der Waals surface area (Å²) in [6.45, 7) is 4.31. The van der Waals surface area contributed by atoms with E-state index in [1.54, 1.807) is 0 Å². The van der Waals surface area contributed by atoms with Crippen LogP contribution < -0.4 is 11.1 Å². The van der Waals surface area contributed by atoms with Crippen molar-refractivity contribution in [2.24, 2.45) is 16.8 Å². The van der Waals surface area contributed by atoms with Gasteiger partial charge < -0.3 is 16.3 Å². The van der Waals surface area contributed by atoms with Crippen molar-refractivity contribution in [3.8, 4) is 0 Å². The highest BCUT2D eigenvalue weighted by molar-refractivity contribution is 5.80. The van der Waals surface area contributed by atoms with Crippen LogP contribution in [0.15, 0.2) is 5.16 Å². The molecule has 0 aromatic rings. The van der Waals surface area contributed by atoms with Crippen molar-refractivity contribution in [3.63, 3.8) is 0 Å². The van der Waals surface area contributed by atoms with Gasteiger partial charge in [0.15, 0.2) is 0 Å². The van der Waals surface area contributed by atoms with Crippen molar-refractivity contribution in [1.29, 1.82) is 0 Å². The summed E-state index contributed by atoms with van der Waals surface area (Å²) in [5.74, 6) is 1.10. The van der Waals surface area contributed by atoms with Gasteiger partial charge in [-0.15, -0.1) is 0 Å². The minimum absolute atomic E-state index is 0.275. The highest BCUT2D eigenvalue weighted by Crippen LogP contribution is 2.27. The molecule has 1 rings (SSSR count). The lowest BCUT2D eigenvalue weighted by atomic mass is 9.99. The summed E-state index contributed by atoms with van der Waals surface area (Å²) < 4.78 is 0. The van der Waals surface area contributed by atoms with E-state index < -0.39 is 0 Å². The maximum atomic E-state index is 8.46. The van der Waals surface area contributed by atoms with Crippen LogP contribution in [0, 0.1) is 5.92 Å². The smallest absolute Gasteiger partial charge is 0.140 e. The Hall–Kier alpha value is -0.770. The average molecular weight is 213 g/mol. The second-order valence-corrected chi connectivity index (χ2v) is 4.70. The van der Waals surface area contributed by atoms with Gasteiger partial charge in [-0.3, -0.25) is 0 Å². The molecule has 0 spiro atoms. The zero-order valence-corrected chi connectivity index (χ0v) is 9.74. The van der Waals surface area contributed by atoms with E-state index in [1.807, 2.05) is 0 Å². The van der Waals surface area contributed by atoms with E-state index in [9.17, 15) is 0 Å². The molecule has 2 atom stereocenters. The van der Waals surface area contributed by atoms with E-state index in [4.69, 9.17) is 10.9 Å². The number of oxime groups is 1. The standard InChI is InChI=1S/C11H23N3O/c1-8(7-11(12)14-15)13-9(2)10-5-3-4-6-10/h8-10,13,15H,3-7H2,1-2H3,(H2,12,14)/t8?,9-/m0/s1. The summed E-state index contributed by atoms with van der Waals surface area (Å²) in [5, 5.41) is 15.0. The average Bonchev–Trinajstić information content (AvgIpc) is 2.70. The summed E-state index contributed by atoms with van der Waals surface area (Å²) in [6.07, 6.45) is 6.01. The SMILES string of the molecule is CC(CC(N)=NO)N[C@@H](C)C1CCCC1. The third-order valence-electron chi connectivity index (χ3n) is 3.30. The molecule has 0 aromatic heterocycles. The Bertz CT molecular complexity index is 212. The first-order valence-electron chi connectivity index (χ1n) is 5.86. The lowest BCUT2D eigenvalue weighted by Gasteiger charge is -2.24. The van der Waals surface area contributed by atoms with Gasteiger partial charge in [0.2, 0.25) is 0 Å². The first-order valence-corrected chi connectivity index (χ1v) is 5.86. The molecule has 4 N–H and O–H groups in total. The molecule has 15 heavy (non-hydrogen) atoms. The van der Waals surface area contributed by atoms with Crippen LogP contribution >= 0.6 is 0 Å². The van der Waals surface area contributed by atoms with Crippen LogP contribution in [0.5, 0.6) is 0 Å². The van der Waals surface area contributed by atoms with Gasteiger partial charge in [0.1, 0.15) is 5.84 Å². The maximum absolute atomic E-state index is 8.46. The Labute approximate surface area is 91.9 Å². The minimum atomic E-state index is 0.275. The Balaban J connectivity index is 2.27. The van der Waals surface area contributed by atoms with E-state index in [2.05, 4.69) is 24.3 Å². The van der Waals surface area contributed by atoms with Crippen LogP contribution in [0.2, 0.25) is 0 Å². The molecule has 0 saturated heterocycles. The maximum Gasteiger partial charge on any atom is 0.140 e. The second kappa shape index (κ2) is 5.95. The van der Waals surface area contributed by atoms with E-state index in [-0.39, 0.29) is 6.04 Å². The van der Waals surface area contributed by atoms with Crippen LogP contribution in [0.3, 0.4) is 0 Å². The van der Waals surface area contributed by atoms with Crippen LogP contribution in [-0.2, 0) is 0 Å². The lowest BCUT2D eigenvalue weighted by Crippen LogP contribution is -2.40. The Morgan fingerprint density at radius 3 is 2.60 bits per heavy atom. The molecule has 1 unspecified atom stereocenters. The van der Waals surface area contributed by atoms with Gasteiger partial charge in [-0.1, -0.05) is 18.0 Å². The summed E-state index contributed by atoms with van der Waals surface area (Å²) in [5.41, 5.74) is 5.46. The Kier molecular flexibility index (Phi) is 4.88. The van der Waals surface area contributed by atoms with Gasteiger partial charge in [0, 0.05) is 18.5 Å². The molecular weight excluding hydrogens is 190 g/mol. The molecule has 0 heterocycles. The Morgan fingerprint density at radius 2 is 2.07 bits per heavy atom.